The second-order valence-electron chi connectivity index (χ2n) is 6.07. The van der Waals surface area contributed by atoms with Crippen molar-refractivity contribution in [2.45, 2.75) is 37.0 Å². The van der Waals surface area contributed by atoms with Crippen LogP contribution in [0.1, 0.15) is 30.4 Å². The number of nitrogens with one attached hydrogen (secondary N) is 2. The van der Waals surface area contributed by atoms with Crippen molar-refractivity contribution in [1.29, 1.82) is 0 Å². The number of aromatic nitrogens is 1. The third-order valence-corrected chi connectivity index (χ3v) is 5.70. The van der Waals surface area contributed by atoms with Crippen LogP contribution in [-0.2, 0) is 27.7 Å². The molecular weight excluding hydrogens is 338 g/mol. The Kier molecular flexibility index (Phi) is 5.45. The largest absolute Gasteiger partial charge is 0.326 e. The van der Waals surface area contributed by atoms with Gasteiger partial charge in [-0.25, -0.2) is 13.1 Å². The molecule has 0 saturated carbocycles. The molecule has 6 nitrogen and oxygen atoms in total. The van der Waals surface area contributed by atoms with Crippen molar-refractivity contribution in [1.82, 2.24) is 9.71 Å². The minimum Gasteiger partial charge on any atom is -0.326 e. The van der Waals surface area contributed by atoms with Gasteiger partial charge in [-0.05, 0) is 61.1 Å². The molecular formula is C18H21N3O3S. The Bertz CT molecular complexity index is 851. The van der Waals surface area contributed by atoms with Gasteiger partial charge in [0.2, 0.25) is 15.9 Å². The number of pyridine rings is 1. The minimum absolute atomic E-state index is 0.0519. The van der Waals surface area contributed by atoms with Crippen LogP contribution in [-0.4, -0.2) is 25.9 Å². The zero-order valence-electron chi connectivity index (χ0n) is 13.9. The van der Waals surface area contributed by atoms with E-state index in [9.17, 15) is 13.2 Å². The van der Waals surface area contributed by atoms with Crippen LogP contribution in [0.15, 0.2) is 47.6 Å². The van der Waals surface area contributed by atoms with Gasteiger partial charge in [0.1, 0.15) is 0 Å². The van der Waals surface area contributed by atoms with Crippen LogP contribution < -0.4 is 10.0 Å². The molecule has 0 atom stereocenters. The first-order chi connectivity index (χ1) is 12.0. The van der Waals surface area contributed by atoms with Crippen molar-refractivity contribution >= 4 is 21.6 Å². The normalized spacial score (nSPS) is 13.9. The van der Waals surface area contributed by atoms with Crippen LogP contribution in [0.4, 0.5) is 5.69 Å². The van der Waals surface area contributed by atoms with Gasteiger partial charge in [-0.2, -0.15) is 0 Å². The highest BCUT2D eigenvalue weighted by Gasteiger charge is 2.17. The standard InChI is InChI=1S/C18H21N3O3S/c22-18(21-16-7-10-19-11-8-16)9-12-20-25(23,24)17-6-5-14-3-1-2-4-15(14)13-17/h5-8,10-11,13,20H,1-4,9,12H2,(H,19,21,22). The minimum atomic E-state index is -3.60. The highest BCUT2D eigenvalue weighted by Crippen LogP contribution is 2.24. The molecule has 0 unspecified atom stereocenters. The molecule has 7 heteroatoms. The molecule has 2 aromatic rings. The van der Waals surface area contributed by atoms with Gasteiger partial charge in [0.05, 0.1) is 4.90 Å². The smallest absolute Gasteiger partial charge is 0.240 e. The number of hydrogen-bond acceptors (Lipinski definition) is 4. The van der Waals surface area contributed by atoms with E-state index in [0.717, 1.165) is 31.2 Å². The summed E-state index contributed by atoms with van der Waals surface area (Å²) in [7, 11) is -3.60. The first-order valence-corrected chi connectivity index (χ1v) is 9.84. The SMILES string of the molecule is O=C(CCNS(=O)(=O)c1ccc2c(c1)CCCC2)Nc1ccncc1. The maximum absolute atomic E-state index is 12.4. The van der Waals surface area contributed by atoms with Crippen LogP contribution in [0.25, 0.3) is 0 Å². The zero-order valence-corrected chi connectivity index (χ0v) is 14.7. The number of amides is 1. The van der Waals surface area contributed by atoms with Crippen LogP contribution >= 0.6 is 0 Å². The van der Waals surface area contributed by atoms with Crippen molar-refractivity contribution in [2.24, 2.45) is 0 Å². The fraction of sp³-hybridized carbons (Fsp3) is 0.333. The Hall–Kier alpha value is -2.25. The summed E-state index contributed by atoms with van der Waals surface area (Å²) in [5, 5.41) is 2.70. The maximum Gasteiger partial charge on any atom is 0.240 e. The molecule has 1 aromatic carbocycles. The molecule has 25 heavy (non-hydrogen) atoms. The molecule has 3 rings (SSSR count). The van der Waals surface area contributed by atoms with Crippen molar-refractivity contribution in [3.8, 4) is 0 Å². The van der Waals surface area contributed by atoms with E-state index in [2.05, 4.69) is 15.0 Å². The summed E-state index contributed by atoms with van der Waals surface area (Å²) in [4.78, 5) is 16.0. The van der Waals surface area contributed by atoms with E-state index in [4.69, 9.17) is 0 Å². The lowest BCUT2D eigenvalue weighted by atomic mass is 9.92. The Balaban J connectivity index is 1.56. The molecule has 1 amide bonds. The van der Waals surface area contributed by atoms with Crippen LogP contribution in [0, 0.1) is 0 Å². The Morgan fingerprint density at radius 2 is 1.76 bits per heavy atom. The predicted octanol–water partition coefficient (Wildman–Crippen LogP) is 2.27. The van der Waals surface area contributed by atoms with Gasteiger partial charge in [-0.3, -0.25) is 9.78 Å². The van der Waals surface area contributed by atoms with E-state index >= 15 is 0 Å². The second-order valence-corrected chi connectivity index (χ2v) is 7.84. The van der Waals surface area contributed by atoms with E-state index in [0.29, 0.717) is 5.69 Å². The molecule has 0 aliphatic heterocycles. The van der Waals surface area contributed by atoms with Gasteiger partial charge in [-0.1, -0.05) is 6.07 Å². The van der Waals surface area contributed by atoms with Gasteiger partial charge in [-0.15, -0.1) is 0 Å². The molecule has 1 aliphatic carbocycles. The van der Waals surface area contributed by atoms with Crippen LogP contribution in [0.2, 0.25) is 0 Å². The highest BCUT2D eigenvalue weighted by atomic mass is 32.2. The number of anilines is 1. The number of fused-ring (bicyclic) bond motifs is 1. The van der Waals surface area contributed by atoms with Crippen molar-refractivity contribution in [3.63, 3.8) is 0 Å². The third-order valence-electron chi connectivity index (χ3n) is 4.24. The molecule has 0 fully saturated rings. The van der Waals surface area contributed by atoms with E-state index < -0.39 is 10.0 Å². The Morgan fingerprint density at radius 1 is 1.04 bits per heavy atom. The van der Waals surface area contributed by atoms with E-state index in [1.54, 1.807) is 36.7 Å². The zero-order chi connectivity index (χ0) is 17.7. The number of nitrogens with zero attached hydrogens (tertiary/aromatic N) is 1. The fourth-order valence-electron chi connectivity index (χ4n) is 2.92. The number of aryl methyl sites for hydroxylation is 2. The number of rotatable bonds is 6. The monoisotopic (exact) mass is 359 g/mol. The molecule has 0 spiro atoms. The lowest BCUT2D eigenvalue weighted by Crippen LogP contribution is -2.28. The van der Waals surface area contributed by atoms with E-state index in [1.807, 2.05) is 6.07 Å². The number of carbonyl (C=O) groups excluding carboxylic acids is 1. The van der Waals surface area contributed by atoms with Crippen molar-refractivity contribution in [2.75, 3.05) is 11.9 Å². The Labute approximate surface area is 147 Å². The summed E-state index contributed by atoms with van der Waals surface area (Å²) < 4.78 is 27.3. The molecule has 0 saturated heterocycles. The lowest BCUT2D eigenvalue weighted by molar-refractivity contribution is -0.116. The van der Waals surface area contributed by atoms with Gasteiger partial charge in [0, 0.05) is 31.0 Å². The summed E-state index contributed by atoms with van der Waals surface area (Å²) in [5.41, 5.74) is 2.99. The quantitative estimate of drug-likeness (QED) is 0.828. The highest BCUT2D eigenvalue weighted by molar-refractivity contribution is 7.89. The first-order valence-electron chi connectivity index (χ1n) is 8.36. The molecule has 0 radical (unpaired) electrons. The predicted molar refractivity (Wildman–Crippen MR) is 95.8 cm³/mol. The third kappa shape index (κ3) is 4.64. The summed E-state index contributed by atoms with van der Waals surface area (Å²) in [6.07, 6.45) is 7.41. The van der Waals surface area contributed by atoms with Crippen LogP contribution in [0.3, 0.4) is 0 Å². The number of carbonyl (C=O) groups is 1. The van der Waals surface area contributed by atoms with Gasteiger partial charge >= 0.3 is 0 Å². The summed E-state index contributed by atoms with van der Waals surface area (Å²) in [6.45, 7) is 0.0519. The van der Waals surface area contributed by atoms with E-state index in [-0.39, 0.29) is 23.8 Å². The molecule has 0 bridgehead atoms. The summed E-state index contributed by atoms with van der Waals surface area (Å²) >= 11 is 0. The number of benzene rings is 1. The fourth-order valence-corrected chi connectivity index (χ4v) is 4.00. The number of hydrogen-bond donors (Lipinski definition) is 2. The van der Waals surface area contributed by atoms with Crippen LogP contribution in [0.5, 0.6) is 0 Å². The van der Waals surface area contributed by atoms with Crippen molar-refractivity contribution < 1.29 is 13.2 Å². The van der Waals surface area contributed by atoms with Gasteiger partial charge in [0.15, 0.2) is 0 Å². The summed E-state index contributed by atoms with van der Waals surface area (Å²) in [5.74, 6) is -0.251. The average molecular weight is 359 g/mol. The van der Waals surface area contributed by atoms with E-state index in [1.165, 1.54) is 5.56 Å². The molecule has 1 heterocycles. The lowest BCUT2D eigenvalue weighted by Gasteiger charge is -2.16. The Morgan fingerprint density at radius 3 is 2.52 bits per heavy atom. The molecule has 2 N–H and O–H groups in total. The second kappa shape index (κ2) is 7.76. The van der Waals surface area contributed by atoms with Gasteiger partial charge < -0.3 is 5.32 Å². The topological polar surface area (TPSA) is 88.2 Å². The number of sulfonamides is 1. The molecule has 132 valence electrons. The first kappa shape index (κ1) is 17.6. The van der Waals surface area contributed by atoms with Crippen molar-refractivity contribution in [3.05, 3.63) is 53.9 Å². The maximum atomic E-state index is 12.4. The molecule has 1 aromatic heterocycles. The average Bonchev–Trinajstić information content (AvgIpc) is 2.62. The van der Waals surface area contributed by atoms with Gasteiger partial charge in [0.25, 0.3) is 0 Å². The molecule has 1 aliphatic rings. The summed E-state index contributed by atoms with van der Waals surface area (Å²) in [6, 6.07) is 8.65.